The molecule has 0 saturated heterocycles. The Morgan fingerprint density at radius 3 is 2.00 bits per heavy atom. The summed E-state index contributed by atoms with van der Waals surface area (Å²) in [5.41, 5.74) is -0.0257. The Labute approximate surface area is 123 Å². The van der Waals surface area contributed by atoms with Gasteiger partial charge in [-0.25, -0.2) is 8.42 Å². The molecule has 1 aromatic carbocycles. The van der Waals surface area contributed by atoms with Crippen LogP contribution in [0, 0.1) is 0 Å². The summed E-state index contributed by atoms with van der Waals surface area (Å²) < 4.78 is 59.7. The van der Waals surface area contributed by atoms with Crippen molar-refractivity contribution in [2.75, 3.05) is 12.8 Å². The Kier molecular flexibility index (Phi) is 5.10. The highest BCUT2D eigenvalue weighted by molar-refractivity contribution is 7.92. The summed E-state index contributed by atoms with van der Waals surface area (Å²) in [6.45, 7) is 5.21. The van der Waals surface area contributed by atoms with E-state index in [0.29, 0.717) is 5.56 Å². The molecule has 0 bridgehead atoms. The van der Waals surface area contributed by atoms with Crippen LogP contribution in [0.1, 0.15) is 37.9 Å². The summed E-state index contributed by atoms with van der Waals surface area (Å²) in [5.74, 6) is 0. The van der Waals surface area contributed by atoms with E-state index < -0.39 is 26.3 Å². The van der Waals surface area contributed by atoms with E-state index in [4.69, 9.17) is 0 Å². The first-order valence-electron chi connectivity index (χ1n) is 6.45. The number of halogens is 3. The van der Waals surface area contributed by atoms with Gasteiger partial charge in [0.15, 0.2) is 9.84 Å². The van der Waals surface area contributed by atoms with Crippen LogP contribution in [0.4, 0.5) is 13.2 Å². The van der Waals surface area contributed by atoms with E-state index in [1.807, 2.05) is 0 Å². The van der Waals surface area contributed by atoms with Crippen molar-refractivity contribution in [3.8, 4) is 0 Å². The molecule has 0 radical (unpaired) electrons. The highest BCUT2D eigenvalue weighted by Gasteiger charge is 2.31. The molecule has 1 N–H and O–H groups in total. The predicted octanol–water partition coefficient (Wildman–Crippen LogP) is 3.18. The van der Waals surface area contributed by atoms with Crippen molar-refractivity contribution >= 4 is 9.84 Å². The van der Waals surface area contributed by atoms with E-state index in [-0.39, 0.29) is 12.6 Å². The second-order valence-corrected chi connectivity index (χ2v) is 8.40. The van der Waals surface area contributed by atoms with E-state index in [1.165, 1.54) is 12.1 Å². The Hall–Kier alpha value is -1.08. The minimum absolute atomic E-state index is 0.216. The van der Waals surface area contributed by atoms with Gasteiger partial charge in [-0.2, -0.15) is 13.2 Å². The Bertz CT molecular complexity index is 577. The van der Waals surface area contributed by atoms with Crippen molar-refractivity contribution in [1.29, 1.82) is 0 Å². The molecule has 0 aromatic heterocycles. The maximum Gasteiger partial charge on any atom is 0.416 e. The lowest BCUT2D eigenvalue weighted by Gasteiger charge is -2.25. The molecule has 0 heterocycles. The van der Waals surface area contributed by atoms with Gasteiger partial charge in [-0.05, 0) is 38.5 Å². The molecule has 0 saturated carbocycles. The minimum atomic E-state index is -4.35. The van der Waals surface area contributed by atoms with Crippen LogP contribution < -0.4 is 5.32 Å². The topological polar surface area (TPSA) is 46.2 Å². The zero-order valence-electron chi connectivity index (χ0n) is 12.5. The van der Waals surface area contributed by atoms with E-state index in [9.17, 15) is 21.6 Å². The first-order valence-corrected chi connectivity index (χ1v) is 8.34. The highest BCUT2D eigenvalue weighted by atomic mass is 32.2. The van der Waals surface area contributed by atoms with Gasteiger partial charge in [0.1, 0.15) is 0 Å². The number of hydrogen-bond acceptors (Lipinski definition) is 3. The summed E-state index contributed by atoms with van der Waals surface area (Å²) in [6.07, 6.45) is -3.19. The van der Waals surface area contributed by atoms with Crippen LogP contribution in [0.3, 0.4) is 0 Å². The largest absolute Gasteiger partial charge is 0.416 e. The van der Waals surface area contributed by atoms with Crippen LogP contribution in [0.2, 0.25) is 0 Å². The number of benzene rings is 1. The molecule has 0 aliphatic heterocycles. The molecule has 0 aliphatic carbocycles. The third kappa shape index (κ3) is 4.71. The fourth-order valence-electron chi connectivity index (χ4n) is 1.61. The summed E-state index contributed by atoms with van der Waals surface area (Å²) in [4.78, 5) is 0. The lowest BCUT2D eigenvalue weighted by atomic mass is 10.1. The van der Waals surface area contributed by atoms with Gasteiger partial charge >= 0.3 is 6.18 Å². The van der Waals surface area contributed by atoms with Crippen LogP contribution in [-0.2, 0) is 16.0 Å². The van der Waals surface area contributed by atoms with Crippen LogP contribution in [0.25, 0.3) is 0 Å². The molecule has 7 heteroatoms. The van der Waals surface area contributed by atoms with Gasteiger partial charge in [0.05, 0.1) is 10.3 Å². The molecule has 0 fully saturated rings. The highest BCUT2D eigenvalue weighted by Crippen LogP contribution is 2.30. The van der Waals surface area contributed by atoms with Crippen molar-refractivity contribution in [3.05, 3.63) is 35.4 Å². The van der Waals surface area contributed by atoms with E-state index in [1.54, 1.807) is 20.8 Å². The molecular formula is C14H20F3NO2S. The summed E-state index contributed by atoms with van der Waals surface area (Å²) in [6, 6.07) is 4.60. The molecule has 0 spiro atoms. The van der Waals surface area contributed by atoms with Crippen LogP contribution in [-0.4, -0.2) is 26.0 Å². The quantitative estimate of drug-likeness (QED) is 0.905. The first-order chi connectivity index (χ1) is 9.34. The van der Waals surface area contributed by atoms with Crippen molar-refractivity contribution in [2.45, 2.75) is 37.7 Å². The zero-order valence-corrected chi connectivity index (χ0v) is 13.3. The third-order valence-corrected chi connectivity index (χ3v) is 5.73. The average molecular weight is 323 g/mol. The fourth-order valence-corrected chi connectivity index (χ4v) is 1.95. The average Bonchev–Trinajstić information content (AvgIpc) is 2.34. The normalized spacial score (nSPS) is 15.0. The molecule has 1 aromatic rings. The number of nitrogens with one attached hydrogen (secondary N) is 1. The van der Waals surface area contributed by atoms with Gasteiger partial charge in [-0.3, -0.25) is 0 Å². The van der Waals surface area contributed by atoms with E-state index in [0.717, 1.165) is 18.4 Å². The minimum Gasteiger partial charge on any atom is -0.309 e. The maximum absolute atomic E-state index is 12.5. The smallest absolute Gasteiger partial charge is 0.309 e. The number of alkyl halides is 3. The second-order valence-electron chi connectivity index (χ2n) is 5.75. The van der Waals surface area contributed by atoms with Crippen molar-refractivity contribution in [1.82, 2.24) is 5.32 Å². The van der Waals surface area contributed by atoms with E-state index >= 15 is 0 Å². The molecule has 120 valence electrons. The molecule has 1 rings (SSSR count). The molecule has 1 atom stereocenters. The molecule has 1 unspecified atom stereocenters. The van der Waals surface area contributed by atoms with Gasteiger partial charge in [0.25, 0.3) is 0 Å². The van der Waals surface area contributed by atoms with E-state index in [2.05, 4.69) is 5.32 Å². The fraction of sp³-hybridized carbons (Fsp3) is 0.571. The van der Waals surface area contributed by atoms with Crippen molar-refractivity contribution in [3.63, 3.8) is 0 Å². The molecule has 0 amide bonds. The Morgan fingerprint density at radius 2 is 1.62 bits per heavy atom. The van der Waals surface area contributed by atoms with Crippen molar-refractivity contribution < 1.29 is 21.6 Å². The Balaban J connectivity index is 2.75. The van der Waals surface area contributed by atoms with Crippen molar-refractivity contribution in [2.24, 2.45) is 0 Å². The van der Waals surface area contributed by atoms with Gasteiger partial charge in [0.2, 0.25) is 0 Å². The number of rotatable bonds is 5. The van der Waals surface area contributed by atoms with Gasteiger partial charge < -0.3 is 5.32 Å². The third-order valence-electron chi connectivity index (χ3n) is 3.58. The van der Waals surface area contributed by atoms with Crippen LogP contribution >= 0.6 is 0 Å². The summed E-state index contributed by atoms with van der Waals surface area (Å²) in [5, 5.41) is 3.04. The van der Waals surface area contributed by atoms with Crippen LogP contribution in [0.5, 0.6) is 0 Å². The monoisotopic (exact) mass is 323 g/mol. The summed E-state index contributed by atoms with van der Waals surface area (Å²) >= 11 is 0. The van der Waals surface area contributed by atoms with Gasteiger partial charge in [0, 0.05) is 18.8 Å². The number of sulfone groups is 1. The molecule has 3 nitrogen and oxygen atoms in total. The van der Waals surface area contributed by atoms with Crippen LogP contribution in [0.15, 0.2) is 24.3 Å². The zero-order chi connectivity index (χ0) is 16.5. The lowest BCUT2D eigenvalue weighted by molar-refractivity contribution is -0.137. The molecule has 0 aliphatic rings. The lowest BCUT2D eigenvalue weighted by Crippen LogP contribution is -2.42. The second kappa shape index (κ2) is 5.96. The molecular weight excluding hydrogens is 303 g/mol. The van der Waals surface area contributed by atoms with Gasteiger partial charge in [-0.1, -0.05) is 12.1 Å². The van der Waals surface area contributed by atoms with Gasteiger partial charge in [-0.15, -0.1) is 0 Å². The first kappa shape index (κ1) is 18.0. The standard InChI is InChI=1S/C14H20F3NO2S/c1-10(18-9-13(2,3)21(4,19)20)11-5-7-12(8-6-11)14(15,16)17/h5-8,10,18H,9H2,1-4H3. The molecule has 21 heavy (non-hydrogen) atoms. The Morgan fingerprint density at radius 1 is 1.14 bits per heavy atom. The summed E-state index contributed by atoms with van der Waals surface area (Å²) in [7, 11) is -3.22. The predicted molar refractivity (Wildman–Crippen MR) is 76.8 cm³/mol. The maximum atomic E-state index is 12.5. The SMILES string of the molecule is CC(NCC(C)(C)S(C)(=O)=O)c1ccc(C(F)(F)F)cc1. The number of hydrogen-bond donors (Lipinski definition) is 1.